The molecular formula is C10H20BrNO2. The standard InChI is InChI=1S/C10H20BrNO2/c1-10(14)3-2-5-12(6-4-10)8-9(13)7-11/h9,13-14H,2-8H2,1H3. The fraction of sp³-hybridized carbons (Fsp3) is 1.00. The number of β-amino-alcohol motifs (C(OH)–C–C–N with tert-alkyl or cyclic N) is 1. The summed E-state index contributed by atoms with van der Waals surface area (Å²) in [6, 6.07) is 0. The Hall–Kier alpha value is 0.360. The molecule has 2 atom stereocenters. The molecule has 1 fully saturated rings. The van der Waals surface area contributed by atoms with E-state index in [4.69, 9.17) is 0 Å². The maximum Gasteiger partial charge on any atom is 0.0763 e. The topological polar surface area (TPSA) is 43.7 Å². The van der Waals surface area contributed by atoms with Crippen LogP contribution in [0.3, 0.4) is 0 Å². The molecule has 0 aromatic heterocycles. The third kappa shape index (κ3) is 4.26. The third-order valence-corrected chi connectivity index (χ3v) is 3.55. The van der Waals surface area contributed by atoms with E-state index in [1.807, 2.05) is 6.92 Å². The van der Waals surface area contributed by atoms with Gasteiger partial charge in [-0.3, -0.25) is 0 Å². The molecule has 0 aromatic rings. The first-order chi connectivity index (χ1) is 6.53. The van der Waals surface area contributed by atoms with E-state index in [2.05, 4.69) is 20.8 Å². The summed E-state index contributed by atoms with van der Waals surface area (Å²) in [7, 11) is 0. The van der Waals surface area contributed by atoms with Crippen LogP contribution in [-0.2, 0) is 0 Å². The summed E-state index contributed by atoms with van der Waals surface area (Å²) < 4.78 is 0. The van der Waals surface area contributed by atoms with Gasteiger partial charge in [-0.1, -0.05) is 15.9 Å². The van der Waals surface area contributed by atoms with Crippen molar-refractivity contribution in [3.8, 4) is 0 Å². The Balaban J connectivity index is 2.35. The van der Waals surface area contributed by atoms with Gasteiger partial charge in [0.1, 0.15) is 0 Å². The molecule has 1 saturated heterocycles. The van der Waals surface area contributed by atoms with Crippen LogP contribution in [0.25, 0.3) is 0 Å². The first-order valence-electron chi connectivity index (χ1n) is 5.22. The SMILES string of the molecule is CC1(O)CCCN(CC(O)CBr)CC1. The predicted molar refractivity (Wildman–Crippen MR) is 60.7 cm³/mol. The lowest BCUT2D eigenvalue weighted by atomic mass is 9.98. The fourth-order valence-electron chi connectivity index (χ4n) is 1.85. The molecule has 0 bridgehead atoms. The highest BCUT2D eigenvalue weighted by atomic mass is 79.9. The Morgan fingerprint density at radius 3 is 2.79 bits per heavy atom. The number of rotatable bonds is 3. The van der Waals surface area contributed by atoms with Gasteiger partial charge < -0.3 is 15.1 Å². The average Bonchev–Trinajstić information content (AvgIpc) is 2.28. The minimum Gasteiger partial charge on any atom is -0.391 e. The zero-order valence-electron chi connectivity index (χ0n) is 8.75. The van der Waals surface area contributed by atoms with Crippen LogP contribution < -0.4 is 0 Å². The number of halogens is 1. The van der Waals surface area contributed by atoms with Crippen LogP contribution in [-0.4, -0.2) is 51.8 Å². The summed E-state index contributed by atoms with van der Waals surface area (Å²) >= 11 is 3.26. The number of nitrogens with zero attached hydrogens (tertiary/aromatic N) is 1. The van der Waals surface area contributed by atoms with Crippen LogP contribution in [0.2, 0.25) is 0 Å². The van der Waals surface area contributed by atoms with Crippen LogP contribution in [0.15, 0.2) is 0 Å². The molecule has 3 nitrogen and oxygen atoms in total. The minimum absolute atomic E-state index is 0.293. The Morgan fingerprint density at radius 1 is 1.43 bits per heavy atom. The zero-order chi connectivity index (χ0) is 10.6. The summed E-state index contributed by atoms with van der Waals surface area (Å²) in [6.07, 6.45) is 2.40. The lowest BCUT2D eigenvalue weighted by molar-refractivity contribution is 0.0428. The van der Waals surface area contributed by atoms with E-state index >= 15 is 0 Å². The van der Waals surface area contributed by atoms with Crippen molar-refractivity contribution in [2.75, 3.05) is 25.0 Å². The van der Waals surface area contributed by atoms with Crippen LogP contribution >= 0.6 is 15.9 Å². The van der Waals surface area contributed by atoms with Crippen molar-refractivity contribution in [1.82, 2.24) is 4.90 Å². The molecule has 1 aliphatic rings. The van der Waals surface area contributed by atoms with Gasteiger partial charge in [0, 0.05) is 18.4 Å². The normalized spacial score (nSPS) is 32.6. The fourth-order valence-corrected chi connectivity index (χ4v) is 2.05. The van der Waals surface area contributed by atoms with Gasteiger partial charge in [-0.2, -0.15) is 0 Å². The maximum atomic E-state index is 9.87. The predicted octanol–water partition coefficient (Wildman–Crippen LogP) is 0.979. The second kappa shape index (κ2) is 5.45. The molecule has 0 aromatic carbocycles. The van der Waals surface area contributed by atoms with Crippen molar-refractivity contribution in [3.05, 3.63) is 0 Å². The molecule has 84 valence electrons. The number of alkyl halides is 1. The molecule has 14 heavy (non-hydrogen) atoms. The maximum absolute atomic E-state index is 9.87. The molecule has 2 N–H and O–H groups in total. The first-order valence-corrected chi connectivity index (χ1v) is 6.34. The molecule has 0 radical (unpaired) electrons. The van der Waals surface area contributed by atoms with E-state index in [1.165, 1.54) is 0 Å². The number of aliphatic hydroxyl groups excluding tert-OH is 1. The lowest BCUT2D eigenvalue weighted by Gasteiger charge is -2.23. The quantitative estimate of drug-likeness (QED) is 0.748. The zero-order valence-corrected chi connectivity index (χ0v) is 10.3. The van der Waals surface area contributed by atoms with E-state index in [0.29, 0.717) is 11.9 Å². The molecule has 0 saturated carbocycles. The van der Waals surface area contributed by atoms with Crippen molar-refractivity contribution in [2.45, 2.75) is 37.9 Å². The highest BCUT2D eigenvalue weighted by Crippen LogP contribution is 2.21. The second-order valence-electron chi connectivity index (χ2n) is 4.46. The number of hydrogen-bond donors (Lipinski definition) is 2. The van der Waals surface area contributed by atoms with Gasteiger partial charge >= 0.3 is 0 Å². The van der Waals surface area contributed by atoms with Gasteiger partial charge in [-0.05, 0) is 32.7 Å². The molecule has 1 rings (SSSR count). The molecular weight excluding hydrogens is 246 g/mol. The van der Waals surface area contributed by atoms with Crippen LogP contribution in [0.5, 0.6) is 0 Å². The Bertz CT molecular complexity index is 176. The van der Waals surface area contributed by atoms with Gasteiger partial charge in [-0.25, -0.2) is 0 Å². The summed E-state index contributed by atoms with van der Waals surface area (Å²) in [5.74, 6) is 0. The van der Waals surface area contributed by atoms with Crippen molar-refractivity contribution in [2.24, 2.45) is 0 Å². The van der Waals surface area contributed by atoms with Crippen molar-refractivity contribution < 1.29 is 10.2 Å². The molecule has 2 unspecified atom stereocenters. The third-order valence-electron chi connectivity index (χ3n) is 2.80. The van der Waals surface area contributed by atoms with E-state index in [9.17, 15) is 10.2 Å². The van der Waals surface area contributed by atoms with E-state index in [1.54, 1.807) is 0 Å². The van der Waals surface area contributed by atoms with Crippen LogP contribution in [0.1, 0.15) is 26.2 Å². The van der Waals surface area contributed by atoms with Crippen LogP contribution in [0.4, 0.5) is 0 Å². The van der Waals surface area contributed by atoms with E-state index in [-0.39, 0.29) is 6.10 Å². The smallest absolute Gasteiger partial charge is 0.0763 e. The van der Waals surface area contributed by atoms with Gasteiger partial charge in [0.25, 0.3) is 0 Å². The number of likely N-dealkylation sites (tertiary alicyclic amines) is 1. The van der Waals surface area contributed by atoms with Gasteiger partial charge in [0.15, 0.2) is 0 Å². The van der Waals surface area contributed by atoms with E-state index < -0.39 is 5.60 Å². The highest BCUT2D eigenvalue weighted by Gasteiger charge is 2.25. The average molecular weight is 266 g/mol. The minimum atomic E-state index is -0.506. The van der Waals surface area contributed by atoms with Gasteiger partial charge in [0.05, 0.1) is 11.7 Å². The van der Waals surface area contributed by atoms with Crippen molar-refractivity contribution in [1.29, 1.82) is 0 Å². The molecule has 0 spiro atoms. The lowest BCUT2D eigenvalue weighted by Crippen LogP contribution is -2.35. The Morgan fingerprint density at radius 2 is 2.14 bits per heavy atom. The second-order valence-corrected chi connectivity index (χ2v) is 5.11. The number of aliphatic hydroxyl groups is 2. The molecule has 1 heterocycles. The molecule has 0 aliphatic carbocycles. The largest absolute Gasteiger partial charge is 0.391 e. The monoisotopic (exact) mass is 265 g/mol. The molecule has 1 aliphatic heterocycles. The summed E-state index contributed by atoms with van der Waals surface area (Å²) in [6.45, 7) is 4.48. The van der Waals surface area contributed by atoms with Gasteiger partial charge in [0.2, 0.25) is 0 Å². The van der Waals surface area contributed by atoms with Gasteiger partial charge in [-0.15, -0.1) is 0 Å². The van der Waals surface area contributed by atoms with Crippen molar-refractivity contribution >= 4 is 15.9 Å². The number of hydrogen-bond acceptors (Lipinski definition) is 3. The Kier molecular flexibility index (Phi) is 4.83. The van der Waals surface area contributed by atoms with Crippen LogP contribution in [0, 0.1) is 0 Å². The Labute approximate surface area is 94.2 Å². The summed E-state index contributed by atoms with van der Waals surface area (Å²) in [4.78, 5) is 2.23. The highest BCUT2D eigenvalue weighted by molar-refractivity contribution is 9.09. The molecule has 0 amide bonds. The summed E-state index contributed by atoms with van der Waals surface area (Å²) in [5.41, 5.74) is -0.506. The first kappa shape index (κ1) is 12.4. The van der Waals surface area contributed by atoms with Crippen molar-refractivity contribution in [3.63, 3.8) is 0 Å². The van der Waals surface area contributed by atoms with E-state index in [0.717, 1.165) is 32.4 Å². The molecule has 4 heteroatoms. The summed E-state index contributed by atoms with van der Waals surface area (Å²) in [5, 5.41) is 20.0.